The number of anilines is 1. The summed E-state index contributed by atoms with van der Waals surface area (Å²) in [4.78, 5) is 8.43. The average Bonchev–Trinajstić information content (AvgIpc) is 2.38. The molecule has 0 aliphatic carbocycles. The molecule has 1 heterocycles. The molecule has 0 amide bonds. The molecule has 18 heavy (non-hydrogen) atoms. The molecule has 0 radical (unpaired) electrons. The monoisotopic (exact) mass is 302 g/mol. The third-order valence-electron chi connectivity index (χ3n) is 2.40. The smallest absolute Gasteiger partial charge is 0.101 e. The van der Waals surface area contributed by atoms with Gasteiger partial charge < -0.3 is 5.32 Å². The second-order valence-electron chi connectivity index (χ2n) is 3.80. The molecule has 0 fully saturated rings. The van der Waals surface area contributed by atoms with Crippen molar-refractivity contribution in [2.24, 2.45) is 0 Å². The number of hydrogen-bond donors (Lipinski definition) is 1. The topological polar surface area (TPSA) is 61.6 Å². The van der Waals surface area contributed by atoms with Gasteiger partial charge in [-0.3, -0.25) is 9.97 Å². The SMILES string of the molecule is Cc1cnc(CNc2cc(Br)ccc2C#N)cn1. The third kappa shape index (κ3) is 3.05. The molecular formula is C13H11BrN4. The Kier molecular flexibility index (Phi) is 3.90. The molecule has 5 heteroatoms. The van der Waals surface area contributed by atoms with E-state index in [4.69, 9.17) is 5.26 Å². The molecule has 1 aromatic heterocycles. The fraction of sp³-hybridized carbons (Fsp3) is 0.154. The molecule has 90 valence electrons. The highest BCUT2D eigenvalue weighted by Crippen LogP contribution is 2.21. The summed E-state index contributed by atoms with van der Waals surface area (Å²) >= 11 is 3.38. The van der Waals surface area contributed by atoms with Crippen LogP contribution in [0.1, 0.15) is 17.0 Å². The van der Waals surface area contributed by atoms with Gasteiger partial charge in [-0.05, 0) is 25.1 Å². The van der Waals surface area contributed by atoms with Crippen molar-refractivity contribution in [3.8, 4) is 6.07 Å². The lowest BCUT2D eigenvalue weighted by Gasteiger charge is -2.08. The lowest BCUT2D eigenvalue weighted by Crippen LogP contribution is -2.04. The summed E-state index contributed by atoms with van der Waals surface area (Å²) in [7, 11) is 0. The van der Waals surface area contributed by atoms with Gasteiger partial charge in [-0.1, -0.05) is 15.9 Å². The molecule has 0 aliphatic rings. The summed E-state index contributed by atoms with van der Waals surface area (Å²) in [6, 6.07) is 7.64. The van der Waals surface area contributed by atoms with Gasteiger partial charge in [0.05, 0.1) is 35.4 Å². The van der Waals surface area contributed by atoms with Gasteiger partial charge in [0.25, 0.3) is 0 Å². The minimum absolute atomic E-state index is 0.540. The number of nitriles is 1. The van der Waals surface area contributed by atoms with Crippen LogP contribution in [0.5, 0.6) is 0 Å². The Morgan fingerprint density at radius 1 is 1.33 bits per heavy atom. The maximum atomic E-state index is 9.01. The van der Waals surface area contributed by atoms with E-state index in [-0.39, 0.29) is 0 Å². The highest BCUT2D eigenvalue weighted by Gasteiger charge is 2.03. The maximum absolute atomic E-state index is 9.01. The molecule has 0 saturated carbocycles. The first-order chi connectivity index (χ1) is 8.69. The highest BCUT2D eigenvalue weighted by molar-refractivity contribution is 9.10. The van der Waals surface area contributed by atoms with Gasteiger partial charge in [0, 0.05) is 10.7 Å². The Balaban J connectivity index is 2.13. The number of aromatic nitrogens is 2. The molecule has 0 bridgehead atoms. The molecule has 0 aliphatic heterocycles. The van der Waals surface area contributed by atoms with Crippen LogP contribution >= 0.6 is 15.9 Å². The summed E-state index contributed by atoms with van der Waals surface area (Å²) in [5.74, 6) is 0. The van der Waals surface area contributed by atoms with Crippen LogP contribution in [0.15, 0.2) is 35.1 Å². The number of benzene rings is 1. The van der Waals surface area contributed by atoms with Gasteiger partial charge in [0.1, 0.15) is 6.07 Å². The number of rotatable bonds is 3. The van der Waals surface area contributed by atoms with Crippen LogP contribution in [0.4, 0.5) is 5.69 Å². The molecule has 0 unspecified atom stereocenters. The number of nitrogens with zero attached hydrogens (tertiary/aromatic N) is 3. The van der Waals surface area contributed by atoms with E-state index in [1.807, 2.05) is 19.1 Å². The zero-order valence-electron chi connectivity index (χ0n) is 9.81. The largest absolute Gasteiger partial charge is 0.378 e. The molecular weight excluding hydrogens is 292 g/mol. The van der Waals surface area contributed by atoms with E-state index in [1.54, 1.807) is 18.5 Å². The van der Waals surface area contributed by atoms with Gasteiger partial charge in [0.2, 0.25) is 0 Å². The highest BCUT2D eigenvalue weighted by atomic mass is 79.9. The van der Waals surface area contributed by atoms with E-state index in [9.17, 15) is 0 Å². The summed E-state index contributed by atoms with van der Waals surface area (Å²) in [6.45, 7) is 2.44. The second-order valence-corrected chi connectivity index (χ2v) is 4.72. The molecule has 0 atom stereocenters. The third-order valence-corrected chi connectivity index (χ3v) is 2.89. The predicted octanol–water partition coefficient (Wildman–Crippen LogP) is 3.03. The summed E-state index contributed by atoms with van der Waals surface area (Å²) < 4.78 is 0.930. The zero-order chi connectivity index (χ0) is 13.0. The van der Waals surface area contributed by atoms with Crippen LogP contribution in [-0.2, 0) is 6.54 Å². The van der Waals surface area contributed by atoms with Crippen molar-refractivity contribution in [1.29, 1.82) is 5.26 Å². The molecule has 1 N–H and O–H groups in total. The van der Waals surface area contributed by atoms with Crippen LogP contribution < -0.4 is 5.32 Å². The van der Waals surface area contributed by atoms with E-state index in [1.165, 1.54) is 0 Å². The van der Waals surface area contributed by atoms with Crippen molar-refractivity contribution in [2.75, 3.05) is 5.32 Å². The molecule has 4 nitrogen and oxygen atoms in total. The number of halogens is 1. The minimum Gasteiger partial charge on any atom is -0.378 e. The predicted molar refractivity (Wildman–Crippen MR) is 73.0 cm³/mol. The van der Waals surface area contributed by atoms with Crippen molar-refractivity contribution in [3.05, 3.63) is 52.0 Å². The number of aryl methyl sites for hydroxylation is 1. The maximum Gasteiger partial charge on any atom is 0.101 e. The second kappa shape index (κ2) is 5.61. The fourth-order valence-electron chi connectivity index (χ4n) is 1.46. The van der Waals surface area contributed by atoms with Gasteiger partial charge in [-0.25, -0.2) is 0 Å². The van der Waals surface area contributed by atoms with Crippen molar-refractivity contribution >= 4 is 21.6 Å². The van der Waals surface area contributed by atoms with Crippen molar-refractivity contribution in [1.82, 2.24) is 9.97 Å². The van der Waals surface area contributed by atoms with E-state index >= 15 is 0 Å². The Hall–Kier alpha value is -1.93. The normalized spacial score (nSPS) is 9.83. The standard InChI is InChI=1S/C13H11BrN4/c1-9-6-17-12(7-16-9)8-18-13-4-11(14)3-2-10(13)5-15/h2-4,6-7,18H,8H2,1H3. The molecule has 1 aromatic carbocycles. The van der Waals surface area contributed by atoms with Gasteiger partial charge in [-0.15, -0.1) is 0 Å². The van der Waals surface area contributed by atoms with Gasteiger partial charge >= 0.3 is 0 Å². The minimum atomic E-state index is 0.540. The average molecular weight is 303 g/mol. The molecule has 0 saturated heterocycles. The van der Waals surface area contributed by atoms with Crippen LogP contribution in [0.3, 0.4) is 0 Å². The van der Waals surface area contributed by atoms with Crippen molar-refractivity contribution in [3.63, 3.8) is 0 Å². The summed E-state index contributed by atoms with van der Waals surface area (Å²) in [5, 5.41) is 12.2. The summed E-state index contributed by atoms with van der Waals surface area (Å²) in [5.41, 5.74) is 3.12. The Morgan fingerprint density at radius 2 is 2.17 bits per heavy atom. The zero-order valence-corrected chi connectivity index (χ0v) is 11.4. The van der Waals surface area contributed by atoms with E-state index in [0.717, 1.165) is 21.5 Å². The van der Waals surface area contributed by atoms with Crippen LogP contribution in [0.2, 0.25) is 0 Å². The first-order valence-electron chi connectivity index (χ1n) is 5.40. The van der Waals surface area contributed by atoms with E-state index in [2.05, 4.69) is 37.3 Å². The lowest BCUT2D eigenvalue weighted by atomic mass is 10.2. The van der Waals surface area contributed by atoms with Crippen LogP contribution in [0, 0.1) is 18.3 Å². The quantitative estimate of drug-likeness (QED) is 0.946. The van der Waals surface area contributed by atoms with Crippen molar-refractivity contribution < 1.29 is 0 Å². The van der Waals surface area contributed by atoms with Crippen molar-refractivity contribution in [2.45, 2.75) is 13.5 Å². The Morgan fingerprint density at radius 3 is 2.83 bits per heavy atom. The number of hydrogen-bond acceptors (Lipinski definition) is 4. The van der Waals surface area contributed by atoms with E-state index < -0.39 is 0 Å². The number of nitrogens with one attached hydrogen (secondary N) is 1. The first kappa shape index (κ1) is 12.5. The molecule has 2 aromatic rings. The molecule has 0 spiro atoms. The van der Waals surface area contributed by atoms with Gasteiger partial charge in [-0.2, -0.15) is 5.26 Å². The molecule has 2 rings (SSSR count). The fourth-order valence-corrected chi connectivity index (χ4v) is 1.82. The van der Waals surface area contributed by atoms with E-state index in [0.29, 0.717) is 12.1 Å². The first-order valence-corrected chi connectivity index (χ1v) is 6.19. The van der Waals surface area contributed by atoms with Crippen LogP contribution in [-0.4, -0.2) is 9.97 Å². The lowest BCUT2D eigenvalue weighted by molar-refractivity contribution is 0.984. The Labute approximate surface area is 114 Å². The Bertz CT molecular complexity index is 587. The van der Waals surface area contributed by atoms with Crippen LogP contribution in [0.25, 0.3) is 0 Å². The van der Waals surface area contributed by atoms with Gasteiger partial charge in [0.15, 0.2) is 0 Å². The summed E-state index contributed by atoms with van der Waals surface area (Å²) in [6.07, 6.45) is 3.45.